The zero-order valence-corrected chi connectivity index (χ0v) is 20.5. The minimum absolute atomic E-state index is 0.119. The van der Waals surface area contributed by atoms with Gasteiger partial charge in [0.25, 0.3) is 5.92 Å². The number of pyridine rings is 3. The van der Waals surface area contributed by atoms with Gasteiger partial charge in [-0.25, -0.2) is 23.1 Å². The molecule has 0 unspecified atom stereocenters. The lowest BCUT2D eigenvalue weighted by atomic mass is 10.1. The van der Waals surface area contributed by atoms with Crippen LogP contribution in [0, 0.1) is 5.82 Å². The van der Waals surface area contributed by atoms with Crippen molar-refractivity contribution < 1.29 is 13.2 Å². The van der Waals surface area contributed by atoms with E-state index in [1.54, 1.807) is 42.0 Å². The molecule has 0 atom stereocenters. The third-order valence-corrected chi connectivity index (χ3v) is 6.95. The standard InChI is InChI=1S/C28H21F3N8/c29-20-3-1-2-17(7-20)22-12-33-13-23-24(22)36-27(35-23)25-21-8-19(11-34-26(21)38-37-25)18-6-16(9-32-10-18)14-39-5-4-28(30,31)15-39/h1-3,6-13H,4-5,14-15H2,(H,35,36)(H,34,37,38). The monoisotopic (exact) mass is 526 g/mol. The Hall–Kier alpha value is -4.64. The van der Waals surface area contributed by atoms with Crippen LogP contribution in [0.25, 0.3) is 55.8 Å². The number of hydrogen-bond acceptors (Lipinski definition) is 6. The van der Waals surface area contributed by atoms with Gasteiger partial charge in [-0.1, -0.05) is 12.1 Å². The number of rotatable bonds is 5. The summed E-state index contributed by atoms with van der Waals surface area (Å²) in [5.74, 6) is -2.46. The largest absolute Gasteiger partial charge is 0.335 e. The Kier molecular flexibility index (Phi) is 5.41. The number of H-pyrrole nitrogens is 2. The molecule has 7 rings (SSSR count). The summed E-state index contributed by atoms with van der Waals surface area (Å²) in [6.45, 7) is 0.526. The molecule has 0 bridgehead atoms. The van der Waals surface area contributed by atoms with Crippen LogP contribution in [0.2, 0.25) is 0 Å². The fourth-order valence-electron chi connectivity index (χ4n) is 5.09. The van der Waals surface area contributed by atoms with Crippen molar-refractivity contribution in [1.29, 1.82) is 0 Å². The Morgan fingerprint density at radius 1 is 0.949 bits per heavy atom. The van der Waals surface area contributed by atoms with Gasteiger partial charge in [0.15, 0.2) is 11.5 Å². The van der Waals surface area contributed by atoms with Gasteiger partial charge in [0, 0.05) is 61.0 Å². The molecule has 0 spiro atoms. The number of alkyl halides is 2. The smallest absolute Gasteiger partial charge is 0.261 e. The lowest BCUT2D eigenvalue weighted by Crippen LogP contribution is -2.24. The van der Waals surface area contributed by atoms with Crippen molar-refractivity contribution in [3.8, 4) is 33.8 Å². The molecule has 2 N–H and O–H groups in total. The zero-order chi connectivity index (χ0) is 26.6. The predicted octanol–water partition coefficient (Wildman–Crippen LogP) is 5.61. The second kappa shape index (κ2) is 8.98. The van der Waals surface area contributed by atoms with Crippen LogP contribution in [0.5, 0.6) is 0 Å². The molecule has 39 heavy (non-hydrogen) atoms. The van der Waals surface area contributed by atoms with E-state index in [1.165, 1.54) is 12.1 Å². The molecule has 0 radical (unpaired) electrons. The average molecular weight is 527 g/mol. The van der Waals surface area contributed by atoms with E-state index in [-0.39, 0.29) is 18.8 Å². The molecule has 1 aliphatic heterocycles. The third-order valence-electron chi connectivity index (χ3n) is 6.95. The number of likely N-dealkylation sites (tertiary alicyclic amines) is 1. The number of aromatic amines is 2. The third kappa shape index (κ3) is 4.40. The molecule has 6 aromatic rings. The van der Waals surface area contributed by atoms with Crippen LogP contribution in [0.3, 0.4) is 0 Å². The fraction of sp³-hybridized carbons (Fsp3) is 0.179. The zero-order valence-electron chi connectivity index (χ0n) is 20.5. The fourth-order valence-corrected chi connectivity index (χ4v) is 5.09. The van der Waals surface area contributed by atoms with Crippen LogP contribution in [0.4, 0.5) is 13.2 Å². The summed E-state index contributed by atoms with van der Waals surface area (Å²) in [5.41, 5.74) is 6.36. The lowest BCUT2D eigenvalue weighted by molar-refractivity contribution is 0.0115. The minimum atomic E-state index is -2.64. The lowest BCUT2D eigenvalue weighted by Gasteiger charge is -2.15. The molecular formula is C28H21F3N8. The number of aromatic nitrogens is 7. The Morgan fingerprint density at radius 3 is 2.67 bits per heavy atom. The number of fused-ring (bicyclic) bond motifs is 2. The first-order valence-electron chi connectivity index (χ1n) is 12.4. The molecule has 6 heterocycles. The van der Waals surface area contributed by atoms with Crippen LogP contribution in [0.15, 0.2) is 67.4 Å². The highest BCUT2D eigenvalue weighted by Crippen LogP contribution is 2.33. The maximum Gasteiger partial charge on any atom is 0.261 e. The number of halogens is 3. The van der Waals surface area contributed by atoms with Crippen molar-refractivity contribution in [3.63, 3.8) is 0 Å². The van der Waals surface area contributed by atoms with Crippen molar-refractivity contribution in [3.05, 3.63) is 78.8 Å². The highest BCUT2D eigenvalue weighted by atomic mass is 19.3. The van der Waals surface area contributed by atoms with E-state index in [4.69, 9.17) is 4.98 Å². The summed E-state index contributed by atoms with van der Waals surface area (Å²) in [6.07, 6.45) is 8.36. The molecule has 1 aliphatic rings. The summed E-state index contributed by atoms with van der Waals surface area (Å²) in [7, 11) is 0. The van der Waals surface area contributed by atoms with E-state index in [9.17, 15) is 13.2 Å². The second-order valence-electron chi connectivity index (χ2n) is 9.77. The molecule has 194 valence electrons. The van der Waals surface area contributed by atoms with Crippen molar-refractivity contribution in [2.24, 2.45) is 0 Å². The summed E-state index contributed by atoms with van der Waals surface area (Å²) in [4.78, 5) is 23.0. The van der Waals surface area contributed by atoms with Gasteiger partial charge in [-0.05, 0) is 35.4 Å². The SMILES string of the molecule is Fc1cccc(-c2cncc3[nH]c(-c4n[nH]c5ncc(-c6cncc(CN7CCC(F)(F)C7)c6)cc45)nc23)c1. The maximum absolute atomic E-state index is 13.9. The number of nitrogens with zero attached hydrogens (tertiary/aromatic N) is 6. The van der Waals surface area contributed by atoms with Crippen molar-refractivity contribution in [2.45, 2.75) is 18.9 Å². The van der Waals surface area contributed by atoms with Crippen molar-refractivity contribution in [1.82, 2.24) is 40.0 Å². The van der Waals surface area contributed by atoms with Crippen molar-refractivity contribution >= 4 is 22.1 Å². The van der Waals surface area contributed by atoms with Gasteiger partial charge in [0.1, 0.15) is 11.5 Å². The van der Waals surface area contributed by atoms with E-state index in [1.807, 2.05) is 18.2 Å². The topological polar surface area (TPSA) is 99.3 Å². The predicted molar refractivity (Wildman–Crippen MR) is 140 cm³/mol. The number of hydrogen-bond donors (Lipinski definition) is 2. The summed E-state index contributed by atoms with van der Waals surface area (Å²) in [6, 6.07) is 10.2. The van der Waals surface area contributed by atoms with Gasteiger partial charge in [0.05, 0.1) is 29.2 Å². The molecule has 0 aliphatic carbocycles. The van der Waals surface area contributed by atoms with Crippen molar-refractivity contribution in [2.75, 3.05) is 13.1 Å². The Morgan fingerprint density at radius 2 is 1.82 bits per heavy atom. The quantitative estimate of drug-likeness (QED) is 0.303. The first-order chi connectivity index (χ1) is 18.9. The normalized spacial score (nSPS) is 15.5. The molecule has 5 aromatic heterocycles. The Bertz CT molecular complexity index is 1840. The maximum atomic E-state index is 13.9. The molecule has 8 nitrogen and oxygen atoms in total. The average Bonchev–Trinajstić information content (AvgIpc) is 3.64. The molecule has 0 amide bonds. The van der Waals surface area contributed by atoms with Gasteiger partial charge in [-0.15, -0.1) is 0 Å². The van der Waals surface area contributed by atoms with E-state index in [0.29, 0.717) is 52.4 Å². The molecular weight excluding hydrogens is 505 g/mol. The van der Waals surface area contributed by atoms with Gasteiger partial charge < -0.3 is 4.98 Å². The minimum Gasteiger partial charge on any atom is -0.335 e. The highest BCUT2D eigenvalue weighted by molar-refractivity contribution is 5.96. The molecule has 1 fully saturated rings. The van der Waals surface area contributed by atoms with E-state index in [2.05, 4.69) is 30.1 Å². The van der Waals surface area contributed by atoms with Gasteiger partial charge in [0.2, 0.25) is 0 Å². The van der Waals surface area contributed by atoms with Crippen LogP contribution in [-0.2, 0) is 6.54 Å². The summed E-state index contributed by atoms with van der Waals surface area (Å²) in [5, 5.41) is 8.15. The summed E-state index contributed by atoms with van der Waals surface area (Å²) < 4.78 is 41.1. The van der Waals surface area contributed by atoms with E-state index in [0.717, 1.165) is 22.1 Å². The van der Waals surface area contributed by atoms with Crippen LogP contribution in [0.1, 0.15) is 12.0 Å². The van der Waals surface area contributed by atoms with E-state index >= 15 is 0 Å². The second-order valence-corrected chi connectivity index (χ2v) is 9.77. The molecule has 0 saturated carbocycles. The first kappa shape index (κ1) is 23.5. The van der Waals surface area contributed by atoms with Crippen LogP contribution >= 0.6 is 0 Å². The Labute approximate surface area is 220 Å². The van der Waals surface area contributed by atoms with Gasteiger partial charge in [-0.3, -0.25) is 20.0 Å². The number of imidazole rings is 1. The first-order valence-corrected chi connectivity index (χ1v) is 12.4. The van der Waals surface area contributed by atoms with Gasteiger partial charge >= 0.3 is 0 Å². The van der Waals surface area contributed by atoms with Crippen LogP contribution < -0.4 is 0 Å². The van der Waals surface area contributed by atoms with Gasteiger partial charge in [-0.2, -0.15) is 5.10 Å². The highest BCUT2D eigenvalue weighted by Gasteiger charge is 2.37. The summed E-state index contributed by atoms with van der Waals surface area (Å²) >= 11 is 0. The Balaban J connectivity index is 1.25. The number of nitrogens with one attached hydrogen (secondary N) is 2. The molecule has 1 saturated heterocycles. The molecule has 11 heteroatoms. The molecule has 1 aromatic carbocycles. The van der Waals surface area contributed by atoms with Crippen LogP contribution in [-0.4, -0.2) is 59.0 Å². The van der Waals surface area contributed by atoms with E-state index < -0.39 is 5.92 Å². The number of benzene rings is 1.